The van der Waals surface area contributed by atoms with Crippen LogP contribution in [0, 0.1) is 5.82 Å². The van der Waals surface area contributed by atoms with Crippen molar-refractivity contribution in [2.45, 2.75) is 6.54 Å². The van der Waals surface area contributed by atoms with Crippen LogP contribution in [0.15, 0.2) is 48.4 Å². The third kappa shape index (κ3) is 3.53. The lowest BCUT2D eigenvalue weighted by atomic mass is 10.2. The molecule has 2 N–H and O–H groups in total. The Morgan fingerprint density at radius 2 is 1.86 bits per heavy atom. The minimum Gasteiger partial charge on any atom is -0.502 e. The number of aliphatic carboxylic acids is 1. The quantitative estimate of drug-likeness (QED) is 0.497. The molecule has 7 heteroatoms. The van der Waals surface area contributed by atoms with E-state index in [-0.39, 0.29) is 18.1 Å². The Morgan fingerprint density at radius 3 is 2.48 bits per heavy atom. The summed E-state index contributed by atoms with van der Waals surface area (Å²) in [5.74, 6) is -3.69. The highest BCUT2D eigenvalue weighted by molar-refractivity contribution is 6.06. The number of carbonyl (C=O) groups is 2. The number of carboxylic acid groups (broad SMARTS) is 1. The van der Waals surface area contributed by atoms with E-state index in [1.807, 2.05) is 0 Å². The zero-order valence-corrected chi connectivity index (χ0v) is 10.7. The van der Waals surface area contributed by atoms with Crippen molar-refractivity contribution in [2.24, 2.45) is 0 Å². The van der Waals surface area contributed by atoms with Gasteiger partial charge in [-0.05, 0) is 23.8 Å². The molecule has 2 rings (SSSR count). The molecule has 0 unspecified atom stereocenters. The number of aliphatic hydroxyl groups excluding tert-OH is 1. The summed E-state index contributed by atoms with van der Waals surface area (Å²) in [5.41, 5.74) is 0.840. The number of halogens is 1. The fourth-order valence-electron chi connectivity index (χ4n) is 1.69. The average Bonchev–Trinajstić information content (AvgIpc) is 2.89. The molecule has 1 heterocycles. The van der Waals surface area contributed by atoms with Crippen molar-refractivity contribution in [3.8, 4) is 0 Å². The van der Waals surface area contributed by atoms with Crippen LogP contribution in [0.3, 0.4) is 0 Å². The van der Waals surface area contributed by atoms with E-state index in [2.05, 4.69) is 5.10 Å². The first-order valence-electron chi connectivity index (χ1n) is 5.92. The second kappa shape index (κ2) is 6.00. The normalized spacial score (nSPS) is 11.4. The van der Waals surface area contributed by atoms with Gasteiger partial charge in [0.2, 0.25) is 11.5 Å². The van der Waals surface area contributed by atoms with Crippen molar-refractivity contribution in [1.29, 1.82) is 0 Å². The van der Waals surface area contributed by atoms with E-state index >= 15 is 0 Å². The monoisotopic (exact) mass is 290 g/mol. The Kier molecular flexibility index (Phi) is 4.13. The largest absolute Gasteiger partial charge is 0.502 e. The molecule has 0 aliphatic carbocycles. The van der Waals surface area contributed by atoms with Crippen molar-refractivity contribution < 1.29 is 24.2 Å². The van der Waals surface area contributed by atoms with Gasteiger partial charge in [0.15, 0.2) is 0 Å². The number of carbonyl (C=O) groups excluding carboxylic acids is 1. The maximum absolute atomic E-state index is 12.8. The number of rotatable bonds is 5. The van der Waals surface area contributed by atoms with Gasteiger partial charge in [-0.1, -0.05) is 12.1 Å². The molecule has 1 aromatic heterocycles. The Bertz CT molecular complexity index is 704. The van der Waals surface area contributed by atoms with Gasteiger partial charge in [-0.3, -0.25) is 9.48 Å². The Morgan fingerprint density at radius 1 is 1.19 bits per heavy atom. The number of allylic oxidation sites excluding steroid dienone is 1. The number of carboxylic acids is 1. The van der Waals surface area contributed by atoms with Gasteiger partial charge < -0.3 is 10.2 Å². The molecule has 6 nitrogen and oxygen atoms in total. The molecule has 21 heavy (non-hydrogen) atoms. The van der Waals surface area contributed by atoms with E-state index in [1.165, 1.54) is 29.1 Å². The zero-order chi connectivity index (χ0) is 15.4. The highest BCUT2D eigenvalue weighted by Crippen LogP contribution is 2.09. The van der Waals surface area contributed by atoms with Crippen LogP contribution in [-0.2, 0) is 11.3 Å². The first kappa shape index (κ1) is 14.4. The molecule has 108 valence electrons. The summed E-state index contributed by atoms with van der Waals surface area (Å²) in [6, 6.07) is 7.08. The third-order valence-electron chi connectivity index (χ3n) is 2.70. The minimum absolute atomic E-state index is 0.118. The van der Waals surface area contributed by atoms with E-state index in [9.17, 15) is 14.0 Å². The van der Waals surface area contributed by atoms with Crippen molar-refractivity contribution >= 4 is 11.8 Å². The maximum Gasteiger partial charge on any atom is 0.371 e. The fraction of sp³-hybridized carbons (Fsp3) is 0.0714. The molecular formula is C14H11FN2O4. The van der Waals surface area contributed by atoms with Crippen LogP contribution in [0.1, 0.15) is 16.1 Å². The fourth-order valence-corrected chi connectivity index (χ4v) is 1.69. The highest BCUT2D eigenvalue weighted by atomic mass is 19.1. The summed E-state index contributed by atoms with van der Waals surface area (Å²) in [4.78, 5) is 22.3. The van der Waals surface area contributed by atoms with Gasteiger partial charge in [-0.2, -0.15) is 5.10 Å². The molecule has 2 aromatic rings. The lowest BCUT2D eigenvalue weighted by Gasteiger charge is -2.05. The number of hydrogen-bond donors (Lipinski definition) is 2. The van der Waals surface area contributed by atoms with E-state index in [1.54, 1.807) is 12.1 Å². The molecule has 0 saturated heterocycles. The molecular weight excluding hydrogens is 279 g/mol. The zero-order valence-electron chi connectivity index (χ0n) is 10.7. The molecule has 0 aliphatic rings. The molecule has 0 fully saturated rings. The summed E-state index contributed by atoms with van der Waals surface area (Å²) in [6.07, 6.45) is 1.99. The molecule has 0 radical (unpaired) electrons. The van der Waals surface area contributed by atoms with Gasteiger partial charge in [-0.25, -0.2) is 9.18 Å². The van der Waals surface area contributed by atoms with Gasteiger partial charge in [-0.15, -0.1) is 0 Å². The standard InChI is InChI=1S/C14H11FN2O4/c15-10-3-1-9(2-4-10)8-17-11(5-6-16-17)12(18)7-13(19)14(20)21/h1-7,19H,8H2,(H,20,21). The number of aliphatic hydroxyl groups is 1. The van der Waals surface area contributed by atoms with Gasteiger partial charge in [0.05, 0.1) is 6.54 Å². The second-order valence-electron chi connectivity index (χ2n) is 4.20. The van der Waals surface area contributed by atoms with E-state index in [4.69, 9.17) is 10.2 Å². The molecule has 1 aromatic carbocycles. The summed E-state index contributed by atoms with van der Waals surface area (Å²) in [7, 11) is 0. The summed E-state index contributed by atoms with van der Waals surface area (Å²) in [5, 5.41) is 21.6. The number of benzene rings is 1. The maximum atomic E-state index is 12.8. The lowest BCUT2D eigenvalue weighted by Crippen LogP contribution is -2.11. The molecule has 0 bridgehead atoms. The highest BCUT2D eigenvalue weighted by Gasteiger charge is 2.14. The summed E-state index contributed by atoms with van der Waals surface area (Å²) >= 11 is 0. The van der Waals surface area contributed by atoms with Gasteiger partial charge in [0.25, 0.3) is 0 Å². The Balaban J connectivity index is 2.22. The summed E-state index contributed by atoms with van der Waals surface area (Å²) < 4.78 is 14.2. The van der Waals surface area contributed by atoms with Gasteiger partial charge >= 0.3 is 5.97 Å². The smallest absolute Gasteiger partial charge is 0.371 e. The van der Waals surface area contributed by atoms with Gasteiger partial charge in [0.1, 0.15) is 11.5 Å². The van der Waals surface area contributed by atoms with Crippen LogP contribution in [-0.4, -0.2) is 31.7 Å². The molecule has 0 saturated carbocycles. The number of hydrogen-bond acceptors (Lipinski definition) is 4. The Hall–Kier alpha value is -2.96. The topological polar surface area (TPSA) is 92.4 Å². The SMILES string of the molecule is O=C(O)C(O)=CC(=O)c1ccnn1Cc1ccc(F)cc1. The van der Waals surface area contributed by atoms with Crippen molar-refractivity contribution in [2.75, 3.05) is 0 Å². The second-order valence-corrected chi connectivity index (χ2v) is 4.20. The van der Waals surface area contributed by atoms with E-state index < -0.39 is 17.5 Å². The molecule has 0 aliphatic heterocycles. The Labute approximate surface area is 118 Å². The van der Waals surface area contributed by atoms with Crippen molar-refractivity contribution in [1.82, 2.24) is 9.78 Å². The number of nitrogens with zero attached hydrogens (tertiary/aromatic N) is 2. The minimum atomic E-state index is -1.59. The molecule has 0 atom stereocenters. The lowest BCUT2D eigenvalue weighted by molar-refractivity contribution is -0.135. The first-order chi connectivity index (χ1) is 9.97. The number of aromatic nitrogens is 2. The predicted molar refractivity (Wildman–Crippen MR) is 70.4 cm³/mol. The molecule has 0 spiro atoms. The van der Waals surface area contributed by atoms with Crippen LogP contribution >= 0.6 is 0 Å². The van der Waals surface area contributed by atoms with Crippen LogP contribution in [0.4, 0.5) is 4.39 Å². The summed E-state index contributed by atoms with van der Waals surface area (Å²) in [6.45, 7) is 0.218. The van der Waals surface area contributed by atoms with Crippen LogP contribution < -0.4 is 0 Å². The van der Waals surface area contributed by atoms with Crippen LogP contribution in [0.25, 0.3) is 0 Å². The predicted octanol–water partition coefficient (Wildman–Crippen LogP) is 1.78. The average molecular weight is 290 g/mol. The van der Waals surface area contributed by atoms with Crippen molar-refractivity contribution in [3.63, 3.8) is 0 Å². The van der Waals surface area contributed by atoms with E-state index in [0.29, 0.717) is 6.08 Å². The van der Waals surface area contributed by atoms with Crippen LogP contribution in [0.5, 0.6) is 0 Å². The van der Waals surface area contributed by atoms with E-state index in [0.717, 1.165) is 5.56 Å². The molecule has 0 amide bonds. The van der Waals surface area contributed by atoms with Crippen LogP contribution in [0.2, 0.25) is 0 Å². The van der Waals surface area contributed by atoms with Gasteiger partial charge in [0, 0.05) is 12.3 Å². The number of ketones is 1. The van der Waals surface area contributed by atoms with Crippen molar-refractivity contribution in [3.05, 3.63) is 65.4 Å². The first-order valence-corrected chi connectivity index (χ1v) is 5.92. The third-order valence-corrected chi connectivity index (χ3v) is 2.70.